The molecule has 0 saturated heterocycles. The first-order chi connectivity index (χ1) is 13.7. The number of benzene rings is 2. The molecule has 0 aliphatic carbocycles. The van der Waals surface area contributed by atoms with Crippen LogP contribution in [0.5, 0.6) is 11.5 Å². The number of ether oxygens (including phenoxy) is 2. The van der Waals surface area contributed by atoms with Gasteiger partial charge in [-0.15, -0.1) is 0 Å². The molecule has 1 aromatic heterocycles. The van der Waals surface area contributed by atoms with Gasteiger partial charge in [-0.2, -0.15) is 0 Å². The zero-order valence-corrected chi connectivity index (χ0v) is 17.3. The first-order valence-electron chi connectivity index (χ1n) is 10.3. The minimum Gasteiger partial charge on any atom is -0.493 e. The number of aromatic amines is 1. The van der Waals surface area contributed by atoms with Crippen molar-refractivity contribution in [1.82, 2.24) is 4.98 Å². The van der Waals surface area contributed by atoms with Crippen LogP contribution in [0.3, 0.4) is 0 Å². The number of unbranched alkanes of at least 4 members (excludes halogenated alkanes) is 2. The first-order valence-corrected chi connectivity index (χ1v) is 10.3. The molecule has 0 aliphatic rings. The summed E-state index contributed by atoms with van der Waals surface area (Å²) >= 11 is 0. The third-order valence-corrected chi connectivity index (χ3v) is 5.34. The fourth-order valence-electron chi connectivity index (χ4n) is 3.78. The SMILES string of the molecule is CCCCc1ccc2[nH]c(-c3ccc(OC)c(OC)c3)c(CCCCN)c2c1. The van der Waals surface area contributed by atoms with Gasteiger partial charge in [-0.1, -0.05) is 19.4 Å². The second-order valence-corrected chi connectivity index (χ2v) is 7.28. The van der Waals surface area contributed by atoms with Crippen molar-refractivity contribution in [3.63, 3.8) is 0 Å². The molecule has 0 unspecified atom stereocenters. The summed E-state index contributed by atoms with van der Waals surface area (Å²) in [7, 11) is 3.34. The summed E-state index contributed by atoms with van der Waals surface area (Å²) in [6.45, 7) is 2.97. The van der Waals surface area contributed by atoms with Gasteiger partial charge in [-0.25, -0.2) is 0 Å². The van der Waals surface area contributed by atoms with Crippen molar-refractivity contribution in [3.05, 3.63) is 47.5 Å². The second kappa shape index (κ2) is 9.65. The summed E-state index contributed by atoms with van der Waals surface area (Å²) in [5.41, 5.74) is 12.0. The standard InChI is InChI=1S/C24H32N2O2/c1-4-5-8-17-10-12-21-20(15-17)19(9-6-7-14-25)24(26-21)18-11-13-22(27-2)23(16-18)28-3/h10-13,15-16,26H,4-9,14,25H2,1-3H3. The lowest BCUT2D eigenvalue weighted by Crippen LogP contribution is -1.99. The predicted molar refractivity (Wildman–Crippen MR) is 117 cm³/mol. The molecule has 0 aliphatic heterocycles. The van der Waals surface area contributed by atoms with E-state index in [1.165, 1.54) is 40.6 Å². The highest BCUT2D eigenvalue weighted by Gasteiger charge is 2.15. The molecule has 28 heavy (non-hydrogen) atoms. The lowest BCUT2D eigenvalue weighted by atomic mass is 9.98. The number of nitrogens with two attached hydrogens (primary N) is 1. The summed E-state index contributed by atoms with van der Waals surface area (Å²) in [6.07, 6.45) is 6.70. The predicted octanol–water partition coefficient (Wildman–Crippen LogP) is 5.48. The number of hydrogen-bond acceptors (Lipinski definition) is 3. The van der Waals surface area contributed by atoms with Crippen LogP contribution in [-0.4, -0.2) is 25.7 Å². The molecule has 0 bridgehead atoms. The summed E-state index contributed by atoms with van der Waals surface area (Å²) in [4.78, 5) is 3.65. The van der Waals surface area contributed by atoms with Crippen LogP contribution in [-0.2, 0) is 12.8 Å². The van der Waals surface area contributed by atoms with E-state index in [0.717, 1.165) is 49.3 Å². The highest BCUT2D eigenvalue weighted by Crippen LogP contribution is 2.37. The number of aromatic nitrogens is 1. The van der Waals surface area contributed by atoms with Gasteiger partial charge in [0.05, 0.1) is 14.2 Å². The Morgan fingerprint density at radius 2 is 1.71 bits per heavy atom. The van der Waals surface area contributed by atoms with Crippen molar-refractivity contribution in [1.29, 1.82) is 0 Å². The van der Waals surface area contributed by atoms with Gasteiger partial charge in [0.1, 0.15) is 0 Å². The number of H-pyrrole nitrogens is 1. The summed E-state index contributed by atoms with van der Waals surface area (Å²) in [6, 6.07) is 12.9. The lowest BCUT2D eigenvalue weighted by Gasteiger charge is -2.10. The number of aryl methyl sites for hydroxylation is 2. The smallest absolute Gasteiger partial charge is 0.161 e. The van der Waals surface area contributed by atoms with Crippen LogP contribution < -0.4 is 15.2 Å². The minimum absolute atomic E-state index is 0.732. The van der Waals surface area contributed by atoms with Gasteiger partial charge in [0, 0.05) is 22.2 Å². The highest BCUT2D eigenvalue weighted by molar-refractivity contribution is 5.91. The molecule has 1 heterocycles. The Morgan fingerprint density at radius 3 is 2.43 bits per heavy atom. The molecule has 4 heteroatoms. The van der Waals surface area contributed by atoms with Crippen LogP contribution in [0.25, 0.3) is 22.2 Å². The number of methoxy groups -OCH3 is 2. The Kier molecular flexibility index (Phi) is 6.99. The van der Waals surface area contributed by atoms with E-state index in [0.29, 0.717) is 0 Å². The fourth-order valence-corrected chi connectivity index (χ4v) is 3.78. The molecule has 3 rings (SSSR count). The largest absolute Gasteiger partial charge is 0.493 e. The number of hydrogen-bond donors (Lipinski definition) is 2. The summed E-state index contributed by atoms with van der Waals surface area (Å²) in [5.74, 6) is 1.49. The quantitative estimate of drug-likeness (QED) is 0.458. The topological polar surface area (TPSA) is 60.3 Å². The lowest BCUT2D eigenvalue weighted by molar-refractivity contribution is 0.355. The van der Waals surface area contributed by atoms with Crippen LogP contribution >= 0.6 is 0 Å². The summed E-state index contributed by atoms with van der Waals surface area (Å²) in [5, 5.41) is 1.33. The average molecular weight is 381 g/mol. The molecule has 4 nitrogen and oxygen atoms in total. The van der Waals surface area contributed by atoms with Crippen LogP contribution in [0.1, 0.15) is 43.7 Å². The van der Waals surface area contributed by atoms with E-state index in [2.05, 4.69) is 36.2 Å². The van der Waals surface area contributed by atoms with Crippen molar-refractivity contribution in [2.24, 2.45) is 5.73 Å². The third kappa shape index (κ3) is 4.33. The van der Waals surface area contributed by atoms with E-state index < -0.39 is 0 Å². The van der Waals surface area contributed by atoms with Gasteiger partial charge in [0.15, 0.2) is 11.5 Å². The van der Waals surface area contributed by atoms with Crippen molar-refractivity contribution >= 4 is 10.9 Å². The molecule has 0 spiro atoms. The van der Waals surface area contributed by atoms with Crippen molar-refractivity contribution < 1.29 is 9.47 Å². The third-order valence-electron chi connectivity index (χ3n) is 5.34. The van der Waals surface area contributed by atoms with E-state index >= 15 is 0 Å². The second-order valence-electron chi connectivity index (χ2n) is 7.28. The molecule has 0 saturated carbocycles. The van der Waals surface area contributed by atoms with Crippen LogP contribution in [0.4, 0.5) is 0 Å². The number of nitrogens with one attached hydrogen (secondary N) is 1. The van der Waals surface area contributed by atoms with E-state index in [4.69, 9.17) is 15.2 Å². The van der Waals surface area contributed by atoms with E-state index in [9.17, 15) is 0 Å². The van der Waals surface area contributed by atoms with E-state index in [-0.39, 0.29) is 0 Å². The molecule has 0 fully saturated rings. The van der Waals surface area contributed by atoms with Crippen LogP contribution in [0.2, 0.25) is 0 Å². The van der Waals surface area contributed by atoms with Crippen molar-refractivity contribution in [3.8, 4) is 22.8 Å². The molecular formula is C24H32N2O2. The molecule has 0 amide bonds. The Bertz CT molecular complexity index is 914. The van der Waals surface area contributed by atoms with E-state index in [1.54, 1.807) is 14.2 Å². The fraction of sp³-hybridized carbons (Fsp3) is 0.417. The van der Waals surface area contributed by atoms with Gasteiger partial charge >= 0.3 is 0 Å². The average Bonchev–Trinajstić information content (AvgIpc) is 3.09. The van der Waals surface area contributed by atoms with Gasteiger partial charge < -0.3 is 20.2 Å². The van der Waals surface area contributed by atoms with Crippen LogP contribution in [0, 0.1) is 0 Å². The Balaban J connectivity index is 2.08. The normalized spacial score (nSPS) is 11.1. The molecule has 3 N–H and O–H groups in total. The minimum atomic E-state index is 0.732. The maximum absolute atomic E-state index is 5.74. The molecule has 3 aromatic rings. The monoisotopic (exact) mass is 380 g/mol. The van der Waals surface area contributed by atoms with Crippen LogP contribution in [0.15, 0.2) is 36.4 Å². The molecular weight excluding hydrogens is 348 g/mol. The van der Waals surface area contributed by atoms with Gasteiger partial charge in [0.25, 0.3) is 0 Å². The van der Waals surface area contributed by atoms with Gasteiger partial charge in [0.2, 0.25) is 0 Å². The van der Waals surface area contributed by atoms with Crippen molar-refractivity contribution in [2.75, 3.05) is 20.8 Å². The molecule has 2 aromatic carbocycles. The Morgan fingerprint density at radius 1 is 0.893 bits per heavy atom. The summed E-state index contributed by atoms with van der Waals surface area (Å²) < 4.78 is 10.9. The van der Waals surface area contributed by atoms with Gasteiger partial charge in [-0.05, 0) is 80.1 Å². The zero-order chi connectivity index (χ0) is 19.9. The maximum atomic E-state index is 5.74. The zero-order valence-electron chi connectivity index (χ0n) is 17.3. The van der Waals surface area contributed by atoms with E-state index in [1.807, 2.05) is 12.1 Å². The number of rotatable bonds is 10. The molecule has 0 radical (unpaired) electrons. The highest BCUT2D eigenvalue weighted by atomic mass is 16.5. The first kappa shape index (κ1) is 20.3. The molecule has 150 valence electrons. The van der Waals surface area contributed by atoms with Crippen molar-refractivity contribution in [2.45, 2.75) is 45.4 Å². The molecule has 0 atom stereocenters. The Labute approximate surface area is 168 Å². The Hall–Kier alpha value is -2.46. The maximum Gasteiger partial charge on any atom is 0.161 e. The number of fused-ring (bicyclic) bond motifs is 1. The van der Waals surface area contributed by atoms with Gasteiger partial charge in [-0.3, -0.25) is 0 Å².